The Labute approximate surface area is 157 Å². The average Bonchev–Trinajstić information content (AvgIpc) is 3.16. The highest BCUT2D eigenvalue weighted by molar-refractivity contribution is 5.81. The molecule has 0 spiro atoms. The Kier molecular flexibility index (Phi) is 4.72. The van der Waals surface area contributed by atoms with Gasteiger partial charge in [0.05, 0.1) is 19.6 Å². The Hall–Kier alpha value is -2.65. The van der Waals surface area contributed by atoms with Crippen LogP contribution in [0, 0.1) is 11.6 Å². The molecule has 28 heavy (non-hydrogen) atoms. The number of carbonyl (C=O) groups excluding carboxylic acids is 1. The topological polar surface area (TPSA) is 60.1 Å². The molecule has 0 N–H and O–H groups in total. The summed E-state index contributed by atoms with van der Waals surface area (Å²) in [5.74, 6) is -1.68. The summed E-state index contributed by atoms with van der Waals surface area (Å²) < 4.78 is 56.2. The molecular formula is C18H18F4N4O2. The number of amides is 1. The fourth-order valence-electron chi connectivity index (χ4n) is 3.79. The lowest BCUT2D eigenvalue weighted by Crippen LogP contribution is -2.42. The molecule has 1 amide bonds. The zero-order valence-corrected chi connectivity index (χ0v) is 14.8. The number of benzene rings is 1. The molecule has 0 saturated carbocycles. The quantitative estimate of drug-likeness (QED) is 0.741. The number of likely N-dealkylation sites (tertiary alicyclic amines) is 1. The predicted octanol–water partition coefficient (Wildman–Crippen LogP) is 1.77. The van der Waals surface area contributed by atoms with Gasteiger partial charge < -0.3 is 4.90 Å². The van der Waals surface area contributed by atoms with E-state index in [0.717, 1.165) is 21.7 Å². The highest BCUT2D eigenvalue weighted by Gasteiger charge is 2.40. The molecule has 1 aromatic heterocycles. The molecule has 1 saturated heterocycles. The van der Waals surface area contributed by atoms with Crippen LogP contribution in [0.3, 0.4) is 0 Å². The third-order valence-corrected chi connectivity index (χ3v) is 5.24. The van der Waals surface area contributed by atoms with E-state index in [-0.39, 0.29) is 25.2 Å². The van der Waals surface area contributed by atoms with E-state index in [1.807, 2.05) is 0 Å². The standard InChI is InChI=1S/C18H18F4N4O2/c19-11-5-4-10(12(20)6-11)7-25-18(28)26-15(2-1-3-16(26)23-25)17(27)24-8-13(21)14(22)9-24/h4-6,13-15H,1-3,7-9H2/t13-,14+,15-/m0/s1. The number of fused-ring (bicyclic) bond motifs is 1. The highest BCUT2D eigenvalue weighted by atomic mass is 19.2. The van der Waals surface area contributed by atoms with Crippen molar-refractivity contribution in [3.05, 3.63) is 51.7 Å². The van der Waals surface area contributed by atoms with Crippen molar-refractivity contribution in [3.63, 3.8) is 0 Å². The monoisotopic (exact) mass is 398 g/mol. The van der Waals surface area contributed by atoms with Crippen LogP contribution >= 0.6 is 0 Å². The molecule has 0 unspecified atom stereocenters. The molecular weight excluding hydrogens is 380 g/mol. The van der Waals surface area contributed by atoms with Gasteiger partial charge in [-0.2, -0.15) is 5.10 Å². The summed E-state index contributed by atoms with van der Waals surface area (Å²) in [6, 6.07) is 2.14. The van der Waals surface area contributed by atoms with Gasteiger partial charge in [-0.3, -0.25) is 9.36 Å². The van der Waals surface area contributed by atoms with E-state index in [1.54, 1.807) is 0 Å². The molecule has 2 aliphatic heterocycles. The first kappa shape index (κ1) is 18.7. The Morgan fingerprint density at radius 1 is 1.18 bits per heavy atom. The van der Waals surface area contributed by atoms with Crippen LogP contribution in [0.15, 0.2) is 23.0 Å². The van der Waals surface area contributed by atoms with E-state index in [1.165, 1.54) is 10.6 Å². The summed E-state index contributed by atoms with van der Waals surface area (Å²) in [6.07, 6.45) is -2.06. The van der Waals surface area contributed by atoms with Gasteiger partial charge in [0, 0.05) is 18.1 Å². The number of halogens is 4. The van der Waals surface area contributed by atoms with Crippen molar-refractivity contribution in [1.82, 2.24) is 19.2 Å². The molecule has 3 atom stereocenters. The smallest absolute Gasteiger partial charge is 0.335 e. The van der Waals surface area contributed by atoms with E-state index in [4.69, 9.17) is 0 Å². The third kappa shape index (κ3) is 3.20. The van der Waals surface area contributed by atoms with Gasteiger partial charge in [-0.05, 0) is 18.9 Å². The molecule has 4 rings (SSSR count). The van der Waals surface area contributed by atoms with Gasteiger partial charge in [0.15, 0.2) is 12.3 Å². The molecule has 1 fully saturated rings. The number of aromatic nitrogens is 3. The Bertz CT molecular complexity index is 963. The predicted molar refractivity (Wildman–Crippen MR) is 90.3 cm³/mol. The first-order valence-electron chi connectivity index (χ1n) is 9.04. The molecule has 6 nitrogen and oxygen atoms in total. The van der Waals surface area contributed by atoms with Crippen LogP contribution in [0.5, 0.6) is 0 Å². The number of aryl methyl sites for hydroxylation is 1. The molecule has 1 aromatic carbocycles. The fourth-order valence-corrected chi connectivity index (χ4v) is 3.79. The number of nitrogens with zero attached hydrogens (tertiary/aromatic N) is 4. The zero-order valence-electron chi connectivity index (χ0n) is 14.8. The fraction of sp³-hybridized carbons (Fsp3) is 0.500. The summed E-state index contributed by atoms with van der Waals surface area (Å²) >= 11 is 0. The zero-order chi connectivity index (χ0) is 20.0. The van der Waals surface area contributed by atoms with Crippen LogP contribution in [0.1, 0.15) is 30.3 Å². The summed E-state index contributed by atoms with van der Waals surface area (Å²) in [7, 11) is 0. The molecule has 2 aliphatic rings. The second-order valence-corrected chi connectivity index (χ2v) is 7.15. The lowest BCUT2D eigenvalue weighted by atomic mass is 10.0. The maximum Gasteiger partial charge on any atom is 0.346 e. The second-order valence-electron chi connectivity index (χ2n) is 7.15. The Morgan fingerprint density at radius 3 is 2.57 bits per heavy atom. The van der Waals surface area contributed by atoms with E-state index in [0.29, 0.717) is 25.1 Å². The molecule has 0 bridgehead atoms. The highest BCUT2D eigenvalue weighted by Crippen LogP contribution is 2.27. The van der Waals surface area contributed by atoms with Crippen molar-refractivity contribution in [3.8, 4) is 0 Å². The van der Waals surface area contributed by atoms with Gasteiger partial charge in [0.25, 0.3) is 0 Å². The Balaban J connectivity index is 1.63. The van der Waals surface area contributed by atoms with Gasteiger partial charge in [0.2, 0.25) is 5.91 Å². The van der Waals surface area contributed by atoms with E-state index in [2.05, 4.69) is 5.10 Å². The van der Waals surface area contributed by atoms with Gasteiger partial charge in [-0.1, -0.05) is 6.07 Å². The van der Waals surface area contributed by atoms with Crippen LogP contribution in [0.25, 0.3) is 0 Å². The minimum Gasteiger partial charge on any atom is -0.335 e. The van der Waals surface area contributed by atoms with Crippen LogP contribution in [0.4, 0.5) is 17.6 Å². The van der Waals surface area contributed by atoms with Crippen molar-refractivity contribution in [2.75, 3.05) is 13.1 Å². The van der Waals surface area contributed by atoms with Crippen molar-refractivity contribution in [1.29, 1.82) is 0 Å². The van der Waals surface area contributed by atoms with Gasteiger partial charge in [0.1, 0.15) is 23.5 Å². The van der Waals surface area contributed by atoms with E-state index < -0.39 is 41.6 Å². The summed E-state index contributed by atoms with van der Waals surface area (Å²) in [4.78, 5) is 26.7. The van der Waals surface area contributed by atoms with Gasteiger partial charge in [-0.15, -0.1) is 0 Å². The van der Waals surface area contributed by atoms with Crippen LogP contribution < -0.4 is 5.69 Å². The summed E-state index contributed by atoms with van der Waals surface area (Å²) in [5.41, 5.74) is -0.522. The minimum atomic E-state index is -1.73. The van der Waals surface area contributed by atoms with Crippen molar-refractivity contribution in [2.45, 2.75) is 44.2 Å². The van der Waals surface area contributed by atoms with Crippen LogP contribution in [0.2, 0.25) is 0 Å². The Morgan fingerprint density at radius 2 is 1.89 bits per heavy atom. The average molecular weight is 398 g/mol. The minimum absolute atomic E-state index is 0.0851. The van der Waals surface area contributed by atoms with Crippen molar-refractivity contribution in [2.24, 2.45) is 0 Å². The van der Waals surface area contributed by atoms with E-state index >= 15 is 0 Å². The molecule has 3 heterocycles. The van der Waals surface area contributed by atoms with Gasteiger partial charge >= 0.3 is 5.69 Å². The number of carbonyl (C=O) groups is 1. The number of rotatable bonds is 3. The number of hydrogen-bond acceptors (Lipinski definition) is 3. The number of hydrogen-bond donors (Lipinski definition) is 0. The molecule has 10 heteroatoms. The van der Waals surface area contributed by atoms with Crippen LogP contribution in [-0.2, 0) is 17.8 Å². The van der Waals surface area contributed by atoms with E-state index in [9.17, 15) is 27.2 Å². The van der Waals surface area contributed by atoms with Gasteiger partial charge in [-0.25, -0.2) is 27.0 Å². The SMILES string of the molecule is O=C([C@@H]1CCCc2nn(Cc3ccc(F)cc3F)c(=O)n21)N1C[C@@H](F)[C@@H](F)C1. The van der Waals surface area contributed by atoms with Crippen molar-refractivity contribution >= 4 is 5.91 Å². The van der Waals surface area contributed by atoms with Crippen molar-refractivity contribution < 1.29 is 22.4 Å². The largest absolute Gasteiger partial charge is 0.346 e. The second kappa shape index (κ2) is 7.06. The normalized spacial score (nSPS) is 24.4. The maximum atomic E-state index is 13.9. The molecule has 2 aromatic rings. The summed E-state index contributed by atoms with van der Waals surface area (Å²) in [6.45, 7) is -0.889. The molecule has 150 valence electrons. The number of alkyl halides is 2. The lowest BCUT2D eigenvalue weighted by molar-refractivity contribution is -0.134. The third-order valence-electron chi connectivity index (χ3n) is 5.24. The van der Waals surface area contributed by atoms with Crippen LogP contribution in [-0.4, -0.2) is 50.6 Å². The molecule has 0 radical (unpaired) electrons. The molecule has 0 aliphatic carbocycles. The lowest BCUT2D eigenvalue weighted by Gasteiger charge is -2.26. The summed E-state index contributed by atoms with van der Waals surface area (Å²) in [5, 5.41) is 4.19. The maximum absolute atomic E-state index is 13.9. The first-order chi connectivity index (χ1) is 13.3. The first-order valence-corrected chi connectivity index (χ1v) is 9.04.